The number of amides is 1. The summed E-state index contributed by atoms with van der Waals surface area (Å²) in [4.78, 5) is 14.3. The maximum absolute atomic E-state index is 11.8. The third kappa shape index (κ3) is 4.11. The number of rotatable bonds is 5. The van der Waals surface area contributed by atoms with Gasteiger partial charge in [-0.3, -0.25) is 4.79 Å². The summed E-state index contributed by atoms with van der Waals surface area (Å²) in [6.45, 7) is 3.99. The minimum Gasteiger partial charge on any atom is -0.507 e. The summed E-state index contributed by atoms with van der Waals surface area (Å²) in [5.41, 5.74) is 0.269. The van der Waals surface area contributed by atoms with Gasteiger partial charge in [-0.1, -0.05) is 11.6 Å². The summed E-state index contributed by atoms with van der Waals surface area (Å²) in [5, 5.41) is 12.9. The van der Waals surface area contributed by atoms with E-state index in [9.17, 15) is 9.90 Å². The fourth-order valence-corrected chi connectivity index (χ4v) is 2.47. The Labute approximate surface area is 118 Å². The number of carbonyl (C=O) groups excluding carboxylic acids is 1. The van der Waals surface area contributed by atoms with E-state index >= 15 is 0 Å². The molecule has 5 heteroatoms. The molecule has 0 aliphatic carbocycles. The number of likely N-dealkylation sites (tertiary alicyclic amines) is 1. The van der Waals surface area contributed by atoms with E-state index in [1.807, 2.05) is 0 Å². The minimum absolute atomic E-state index is 0.0791. The van der Waals surface area contributed by atoms with Gasteiger partial charge in [-0.25, -0.2) is 0 Å². The molecule has 0 radical (unpaired) electrons. The summed E-state index contributed by atoms with van der Waals surface area (Å²) in [5.74, 6) is -0.333. The molecule has 1 aliphatic rings. The number of carbonyl (C=O) groups is 1. The minimum atomic E-state index is -0.254. The summed E-state index contributed by atoms with van der Waals surface area (Å²) in [6, 6.07) is 4.51. The quantitative estimate of drug-likeness (QED) is 0.815. The standard InChI is InChI=1S/C14H19ClN2O2/c15-11-4-5-12(13(18)10-11)14(19)16-6-3-9-17-7-1-2-8-17/h4-5,10,18H,1-3,6-9H2,(H,16,19). The van der Waals surface area contributed by atoms with Crippen molar-refractivity contribution in [1.29, 1.82) is 0 Å². The number of hydrogen-bond acceptors (Lipinski definition) is 3. The molecule has 104 valence electrons. The van der Waals surface area contributed by atoms with Crippen LogP contribution < -0.4 is 5.32 Å². The Morgan fingerprint density at radius 1 is 1.37 bits per heavy atom. The monoisotopic (exact) mass is 282 g/mol. The van der Waals surface area contributed by atoms with Gasteiger partial charge < -0.3 is 15.3 Å². The molecular formula is C14H19ClN2O2. The van der Waals surface area contributed by atoms with E-state index in [1.54, 1.807) is 6.07 Å². The topological polar surface area (TPSA) is 52.6 Å². The van der Waals surface area contributed by atoms with E-state index in [0.717, 1.165) is 13.0 Å². The molecule has 1 aromatic rings. The van der Waals surface area contributed by atoms with E-state index in [4.69, 9.17) is 11.6 Å². The van der Waals surface area contributed by atoms with Crippen LogP contribution in [-0.4, -0.2) is 42.1 Å². The van der Waals surface area contributed by atoms with Gasteiger partial charge in [-0.15, -0.1) is 0 Å². The summed E-state index contributed by atoms with van der Waals surface area (Å²) >= 11 is 5.72. The Kier molecular flexibility index (Phi) is 5.05. The van der Waals surface area contributed by atoms with Crippen LogP contribution in [0.4, 0.5) is 0 Å². The SMILES string of the molecule is O=C(NCCCN1CCCC1)c1ccc(Cl)cc1O. The first kappa shape index (κ1) is 14.2. The second-order valence-electron chi connectivity index (χ2n) is 4.82. The molecular weight excluding hydrogens is 264 g/mol. The average Bonchev–Trinajstić information content (AvgIpc) is 2.87. The number of aromatic hydroxyl groups is 1. The lowest BCUT2D eigenvalue weighted by atomic mass is 10.2. The smallest absolute Gasteiger partial charge is 0.255 e. The van der Waals surface area contributed by atoms with Crippen LogP contribution >= 0.6 is 11.6 Å². The van der Waals surface area contributed by atoms with Crippen LogP contribution in [0.2, 0.25) is 5.02 Å². The lowest BCUT2D eigenvalue weighted by Crippen LogP contribution is -2.28. The van der Waals surface area contributed by atoms with Crippen LogP contribution in [0, 0.1) is 0 Å². The van der Waals surface area contributed by atoms with E-state index in [-0.39, 0.29) is 17.2 Å². The number of phenols is 1. The third-order valence-corrected chi connectivity index (χ3v) is 3.57. The highest BCUT2D eigenvalue weighted by Gasteiger charge is 2.12. The van der Waals surface area contributed by atoms with Crippen molar-refractivity contribution in [2.75, 3.05) is 26.2 Å². The van der Waals surface area contributed by atoms with Crippen molar-refractivity contribution >= 4 is 17.5 Å². The van der Waals surface area contributed by atoms with Crippen molar-refractivity contribution < 1.29 is 9.90 Å². The summed E-state index contributed by atoms with van der Waals surface area (Å²) in [6.07, 6.45) is 3.50. The molecule has 1 saturated heterocycles. The molecule has 1 heterocycles. The molecule has 0 bridgehead atoms. The average molecular weight is 283 g/mol. The van der Waals surface area contributed by atoms with Crippen molar-refractivity contribution in [1.82, 2.24) is 10.2 Å². The van der Waals surface area contributed by atoms with Gasteiger partial charge in [-0.2, -0.15) is 0 Å². The van der Waals surface area contributed by atoms with Crippen LogP contribution in [0.15, 0.2) is 18.2 Å². The highest BCUT2D eigenvalue weighted by atomic mass is 35.5. The van der Waals surface area contributed by atoms with Crippen LogP contribution in [0.1, 0.15) is 29.6 Å². The molecule has 4 nitrogen and oxygen atoms in total. The van der Waals surface area contributed by atoms with Crippen molar-refractivity contribution in [3.63, 3.8) is 0 Å². The molecule has 1 aliphatic heterocycles. The largest absolute Gasteiger partial charge is 0.507 e. The van der Waals surface area contributed by atoms with E-state index in [0.29, 0.717) is 11.6 Å². The summed E-state index contributed by atoms with van der Waals surface area (Å²) < 4.78 is 0. The van der Waals surface area contributed by atoms with Gasteiger partial charge in [0.25, 0.3) is 5.91 Å². The lowest BCUT2D eigenvalue weighted by molar-refractivity contribution is 0.0949. The fraction of sp³-hybridized carbons (Fsp3) is 0.500. The van der Waals surface area contributed by atoms with Gasteiger partial charge in [0.15, 0.2) is 0 Å². The number of benzene rings is 1. The molecule has 1 fully saturated rings. The zero-order valence-electron chi connectivity index (χ0n) is 10.9. The molecule has 0 spiro atoms. The predicted molar refractivity (Wildman–Crippen MR) is 75.7 cm³/mol. The van der Waals surface area contributed by atoms with Gasteiger partial charge >= 0.3 is 0 Å². The Bertz CT molecular complexity index is 445. The highest BCUT2D eigenvalue weighted by Crippen LogP contribution is 2.21. The Morgan fingerprint density at radius 3 is 2.79 bits per heavy atom. The van der Waals surface area contributed by atoms with Gasteiger partial charge in [-0.05, 0) is 57.1 Å². The Hall–Kier alpha value is -1.26. The zero-order chi connectivity index (χ0) is 13.7. The first-order valence-electron chi connectivity index (χ1n) is 6.66. The molecule has 19 heavy (non-hydrogen) atoms. The molecule has 0 aromatic heterocycles. The molecule has 2 N–H and O–H groups in total. The van der Waals surface area contributed by atoms with Crippen LogP contribution in [0.3, 0.4) is 0 Å². The first-order chi connectivity index (χ1) is 9.16. The number of hydrogen-bond donors (Lipinski definition) is 2. The molecule has 0 unspecified atom stereocenters. The van der Waals surface area contributed by atoms with Crippen molar-refractivity contribution in [2.45, 2.75) is 19.3 Å². The normalized spacial score (nSPS) is 15.6. The molecule has 2 rings (SSSR count). The van der Waals surface area contributed by atoms with Crippen molar-refractivity contribution in [2.24, 2.45) is 0 Å². The molecule has 1 amide bonds. The highest BCUT2D eigenvalue weighted by molar-refractivity contribution is 6.30. The van der Waals surface area contributed by atoms with Crippen LogP contribution in [0.5, 0.6) is 5.75 Å². The van der Waals surface area contributed by atoms with Gasteiger partial charge in [0.05, 0.1) is 5.56 Å². The van der Waals surface area contributed by atoms with Crippen molar-refractivity contribution in [3.05, 3.63) is 28.8 Å². The van der Waals surface area contributed by atoms with E-state index in [2.05, 4.69) is 10.2 Å². The lowest BCUT2D eigenvalue weighted by Gasteiger charge is -2.14. The van der Waals surface area contributed by atoms with Crippen molar-refractivity contribution in [3.8, 4) is 5.75 Å². The van der Waals surface area contributed by atoms with Gasteiger partial charge in [0.2, 0.25) is 0 Å². The Morgan fingerprint density at radius 2 is 2.11 bits per heavy atom. The molecule has 0 saturated carbocycles. The Balaban J connectivity index is 1.74. The number of nitrogens with zero attached hydrogens (tertiary/aromatic N) is 1. The third-order valence-electron chi connectivity index (χ3n) is 3.34. The zero-order valence-corrected chi connectivity index (χ0v) is 11.6. The maximum atomic E-state index is 11.8. The maximum Gasteiger partial charge on any atom is 0.255 e. The number of nitrogens with one attached hydrogen (secondary N) is 1. The van der Waals surface area contributed by atoms with Gasteiger partial charge in [0, 0.05) is 11.6 Å². The first-order valence-corrected chi connectivity index (χ1v) is 7.03. The van der Waals surface area contributed by atoms with Crippen LogP contribution in [-0.2, 0) is 0 Å². The summed E-state index contributed by atoms with van der Waals surface area (Å²) in [7, 11) is 0. The van der Waals surface area contributed by atoms with E-state index < -0.39 is 0 Å². The number of halogens is 1. The second-order valence-corrected chi connectivity index (χ2v) is 5.26. The van der Waals surface area contributed by atoms with Crippen LogP contribution in [0.25, 0.3) is 0 Å². The number of phenolic OH excluding ortho intramolecular Hbond substituents is 1. The molecule has 0 atom stereocenters. The molecule has 1 aromatic carbocycles. The second kappa shape index (κ2) is 6.78. The predicted octanol–water partition coefficient (Wildman–Crippen LogP) is 2.26. The van der Waals surface area contributed by atoms with Gasteiger partial charge in [0.1, 0.15) is 5.75 Å². The fourth-order valence-electron chi connectivity index (χ4n) is 2.30. The van der Waals surface area contributed by atoms with E-state index in [1.165, 1.54) is 38.1 Å².